The van der Waals surface area contributed by atoms with E-state index in [0.717, 1.165) is 41.2 Å². The van der Waals surface area contributed by atoms with Crippen LogP contribution in [0.5, 0.6) is 0 Å². The highest BCUT2D eigenvalue weighted by Crippen LogP contribution is 2.76. The molecule has 0 aromatic carbocycles. The van der Waals surface area contributed by atoms with E-state index in [1.165, 1.54) is 51.4 Å². The van der Waals surface area contributed by atoms with Crippen molar-refractivity contribution in [2.45, 2.75) is 78.7 Å². The van der Waals surface area contributed by atoms with E-state index in [4.69, 9.17) is 0 Å². The van der Waals surface area contributed by atoms with E-state index < -0.39 is 0 Å². The predicted octanol–water partition coefficient (Wildman–Crippen LogP) is 5.39. The molecule has 1 aromatic rings. The lowest BCUT2D eigenvalue weighted by atomic mass is 9.48. The minimum absolute atomic E-state index is 0.181. The average Bonchev–Trinajstić information content (AvgIpc) is 3.12. The lowest BCUT2D eigenvalue weighted by molar-refractivity contribution is -0.134. The van der Waals surface area contributed by atoms with Crippen LogP contribution in [0.2, 0.25) is 0 Å². The Labute approximate surface area is 186 Å². The van der Waals surface area contributed by atoms with Crippen molar-refractivity contribution >= 4 is 5.78 Å². The van der Waals surface area contributed by atoms with Crippen molar-refractivity contribution in [1.82, 2.24) is 9.78 Å². The number of carbonyl (C=O) groups is 1. The zero-order chi connectivity index (χ0) is 21.5. The van der Waals surface area contributed by atoms with Crippen LogP contribution in [0.25, 0.3) is 0 Å². The molecule has 0 bridgehead atoms. The summed E-state index contributed by atoms with van der Waals surface area (Å²) in [6, 6.07) is 2.19. The third-order valence-electron chi connectivity index (χ3n) is 11.1. The maximum absolute atomic E-state index is 13.8. The Morgan fingerprint density at radius 2 is 1.97 bits per heavy atom. The molecule has 0 N–H and O–H groups in total. The number of Topliss-reactive ketones (excluding diaryl/α,β-unsaturated/α-hetero) is 1. The van der Waals surface area contributed by atoms with Crippen molar-refractivity contribution in [3.05, 3.63) is 17.5 Å². The molecular weight excluding hydrogens is 382 g/mol. The number of aromatic nitrogens is 2. The maximum Gasteiger partial charge on any atom is 0.158 e. The van der Waals surface area contributed by atoms with E-state index in [0.29, 0.717) is 29.7 Å². The number of nitrogens with zero attached hydrogens (tertiary/aromatic N) is 3. The molecule has 1 aromatic heterocycles. The van der Waals surface area contributed by atoms with Gasteiger partial charge in [0.25, 0.3) is 0 Å². The smallest absolute Gasteiger partial charge is 0.158 e. The van der Waals surface area contributed by atoms with Crippen molar-refractivity contribution < 1.29 is 4.79 Å². The molecule has 5 fully saturated rings. The van der Waals surface area contributed by atoms with Gasteiger partial charge < -0.3 is 0 Å². The van der Waals surface area contributed by atoms with Crippen LogP contribution in [-0.4, -0.2) is 15.6 Å². The van der Waals surface area contributed by atoms with Crippen LogP contribution < -0.4 is 0 Å². The molecule has 2 unspecified atom stereocenters. The molecule has 5 saturated carbocycles. The Morgan fingerprint density at radius 1 is 1.16 bits per heavy atom. The van der Waals surface area contributed by atoms with Gasteiger partial charge in [-0.15, -0.1) is 0 Å². The van der Waals surface area contributed by atoms with Crippen molar-refractivity contribution in [3.63, 3.8) is 0 Å². The van der Waals surface area contributed by atoms with E-state index in [1.807, 2.05) is 6.92 Å². The molecule has 0 amide bonds. The minimum atomic E-state index is 0.181. The summed E-state index contributed by atoms with van der Waals surface area (Å²) in [6.07, 6.45) is 12.9. The van der Waals surface area contributed by atoms with Crippen LogP contribution >= 0.6 is 0 Å². The van der Waals surface area contributed by atoms with Gasteiger partial charge in [0, 0.05) is 5.92 Å². The molecule has 0 radical (unpaired) electrons. The Hall–Kier alpha value is -1.63. The van der Waals surface area contributed by atoms with Gasteiger partial charge in [0.15, 0.2) is 5.78 Å². The summed E-state index contributed by atoms with van der Waals surface area (Å²) in [7, 11) is 0. The molecule has 31 heavy (non-hydrogen) atoms. The van der Waals surface area contributed by atoms with Gasteiger partial charge in [0.1, 0.15) is 12.6 Å². The van der Waals surface area contributed by atoms with Crippen LogP contribution in [0.4, 0.5) is 0 Å². The summed E-state index contributed by atoms with van der Waals surface area (Å²) in [4.78, 5) is 13.8. The molecular formula is C27H37N3O. The maximum atomic E-state index is 13.8. The van der Waals surface area contributed by atoms with E-state index in [1.54, 1.807) is 10.9 Å². The van der Waals surface area contributed by atoms with Gasteiger partial charge in [0.05, 0.1) is 17.5 Å². The highest BCUT2D eigenvalue weighted by molar-refractivity contribution is 5.83. The van der Waals surface area contributed by atoms with Gasteiger partial charge in [-0.2, -0.15) is 10.4 Å². The molecule has 6 rings (SSSR count). The summed E-state index contributed by atoms with van der Waals surface area (Å²) in [5, 5.41) is 13.6. The van der Waals surface area contributed by atoms with E-state index in [9.17, 15) is 10.1 Å². The first kappa shape index (κ1) is 20.0. The Bertz CT molecular complexity index is 943. The summed E-state index contributed by atoms with van der Waals surface area (Å²) < 4.78 is 1.78. The number of nitriles is 1. The first-order valence-electron chi connectivity index (χ1n) is 12.9. The molecule has 0 aliphatic heterocycles. The van der Waals surface area contributed by atoms with E-state index in [2.05, 4.69) is 25.0 Å². The standard InChI is InChI=1S/C27H37N3O/c1-15-23-24(15)26(22(31)14-30-16(2)18(12-28)13-29-30)27(3)11-10-20-19-7-5-4-6-17(19)8-9-21(20)25(23)27/h13,15,17,19-21,23-26H,4-11,14H2,1-3H3/t15-,17-,19-,20?,21+,23+,24-,25?,26-,27-/m0/s1. The van der Waals surface area contributed by atoms with Crippen molar-refractivity contribution in [1.29, 1.82) is 5.26 Å². The number of hydrogen-bond donors (Lipinski definition) is 0. The fourth-order valence-electron chi connectivity index (χ4n) is 9.79. The van der Waals surface area contributed by atoms with Crippen LogP contribution in [0.1, 0.15) is 76.5 Å². The highest BCUT2D eigenvalue weighted by atomic mass is 16.1. The zero-order valence-electron chi connectivity index (χ0n) is 19.4. The van der Waals surface area contributed by atoms with Gasteiger partial charge in [-0.05, 0) is 91.8 Å². The summed E-state index contributed by atoms with van der Waals surface area (Å²) in [5.41, 5.74) is 1.60. The monoisotopic (exact) mass is 419 g/mol. The Balaban J connectivity index is 1.28. The largest absolute Gasteiger partial charge is 0.297 e. The summed E-state index contributed by atoms with van der Waals surface area (Å²) in [5.74, 6) is 7.20. The number of carbonyl (C=O) groups excluding carboxylic acids is 1. The Kier molecular flexibility index (Phi) is 4.47. The first-order chi connectivity index (χ1) is 15.0. The zero-order valence-corrected chi connectivity index (χ0v) is 19.4. The van der Waals surface area contributed by atoms with Gasteiger partial charge in [-0.1, -0.05) is 33.1 Å². The van der Waals surface area contributed by atoms with Crippen LogP contribution in [0.15, 0.2) is 6.20 Å². The second-order valence-electron chi connectivity index (χ2n) is 12.1. The first-order valence-corrected chi connectivity index (χ1v) is 12.9. The second-order valence-corrected chi connectivity index (χ2v) is 12.1. The number of rotatable bonds is 3. The molecule has 166 valence electrons. The highest BCUT2D eigenvalue weighted by Gasteiger charge is 2.73. The lowest BCUT2D eigenvalue weighted by Gasteiger charge is -2.57. The molecule has 10 atom stereocenters. The summed E-state index contributed by atoms with van der Waals surface area (Å²) >= 11 is 0. The molecule has 5 aliphatic rings. The van der Waals surface area contributed by atoms with Crippen molar-refractivity contribution in [2.75, 3.05) is 0 Å². The van der Waals surface area contributed by atoms with Crippen molar-refractivity contribution in [2.24, 2.45) is 58.7 Å². The Morgan fingerprint density at radius 3 is 2.74 bits per heavy atom. The topological polar surface area (TPSA) is 58.7 Å². The normalized spacial score (nSPS) is 47.5. The quantitative estimate of drug-likeness (QED) is 0.660. The molecule has 5 aliphatic carbocycles. The van der Waals surface area contributed by atoms with Crippen LogP contribution in [0, 0.1) is 76.9 Å². The second kappa shape index (κ2) is 6.93. The number of ketones is 1. The third-order valence-corrected chi connectivity index (χ3v) is 11.1. The van der Waals surface area contributed by atoms with Crippen LogP contribution in [-0.2, 0) is 11.3 Å². The number of fused-ring (bicyclic) bond motifs is 7. The van der Waals surface area contributed by atoms with Gasteiger partial charge in [0.2, 0.25) is 0 Å². The predicted molar refractivity (Wildman–Crippen MR) is 119 cm³/mol. The minimum Gasteiger partial charge on any atom is -0.297 e. The fourth-order valence-corrected chi connectivity index (χ4v) is 9.79. The molecule has 0 spiro atoms. The molecule has 1 heterocycles. The van der Waals surface area contributed by atoms with E-state index >= 15 is 0 Å². The van der Waals surface area contributed by atoms with E-state index in [-0.39, 0.29) is 11.3 Å². The number of hydrogen-bond acceptors (Lipinski definition) is 3. The molecule has 4 nitrogen and oxygen atoms in total. The van der Waals surface area contributed by atoms with Gasteiger partial charge in [-0.3, -0.25) is 9.48 Å². The van der Waals surface area contributed by atoms with Gasteiger partial charge >= 0.3 is 0 Å². The van der Waals surface area contributed by atoms with Crippen LogP contribution in [0.3, 0.4) is 0 Å². The molecule has 4 heteroatoms. The van der Waals surface area contributed by atoms with Gasteiger partial charge in [-0.25, -0.2) is 0 Å². The van der Waals surface area contributed by atoms with Crippen molar-refractivity contribution in [3.8, 4) is 6.07 Å². The summed E-state index contributed by atoms with van der Waals surface area (Å²) in [6.45, 7) is 7.15. The SMILES string of the molecule is Cc1c(C#N)cnn1CC(=O)[C@H]1[C@H]2[C@@H](C)[C@H]2C2[C@@H]3CC[C@@H]4CCCC[C@@H]4C3CC[C@@]21C. The third kappa shape index (κ3) is 2.71. The fraction of sp³-hybridized carbons (Fsp3) is 0.815. The average molecular weight is 420 g/mol. The lowest BCUT2D eigenvalue weighted by Crippen LogP contribution is -2.51. The molecule has 0 saturated heterocycles.